The van der Waals surface area contributed by atoms with Crippen LogP contribution in [0.5, 0.6) is 5.75 Å². The van der Waals surface area contributed by atoms with Crippen molar-refractivity contribution in [1.29, 1.82) is 0 Å². The Morgan fingerprint density at radius 1 is 1.33 bits per heavy atom. The Morgan fingerprint density at radius 2 is 2.10 bits per heavy atom. The summed E-state index contributed by atoms with van der Waals surface area (Å²) >= 11 is 0. The van der Waals surface area contributed by atoms with Crippen LogP contribution in [0.2, 0.25) is 0 Å². The summed E-state index contributed by atoms with van der Waals surface area (Å²) in [6.45, 7) is 9.41. The summed E-state index contributed by atoms with van der Waals surface area (Å²) in [6, 6.07) is 9.19. The smallest absolute Gasteiger partial charge is 0.119 e. The number of likely N-dealkylation sites (N-methyl/N-ethyl adjacent to an activating group) is 1. The van der Waals surface area contributed by atoms with Crippen LogP contribution in [0.4, 0.5) is 0 Å². The number of benzene rings is 1. The first-order valence-electron chi connectivity index (χ1n) is 8.17. The molecule has 0 unspecified atom stereocenters. The molecule has 0 heterocycles. The second-order valence-electron chi connectivity index (χ2n) is 6.74. The average Bonchev–Trinajstić information content (AvgIpc) is 3.29. The van der Waals surface area contributed by atoms with Crippen molar-refractivity contribution in [3.05, 3.63) is 29.8 Å². The predicted octanol–water partition coefficient (Wildman–Crippen LogP) is 3.44. The number of rotatable bonds is 9. The zero-order chi connectivity index (χ0) is 15.3. The lowest BCUT2D eigenvalue weighted by atomic mass is 10.0. The monoisotopic (exact) mass is 290 g/mol. The second kappa shape index (κ2) is 7.28. The second-order valence-corrected chi connectivity index (χ2v) is 6.74. The number of nitrogens with one attached hydrogen (secondary N) is 1. The van der Waals surface area contributed by atoms with E-state index < -0.39 is 0 Å². The molecule has 3 heteroatoms. The van der Waals surface area contributed by atoms with Gasteiger partial charge in [0.15, 0.2) is 0 Å². The molecular weight excluding hydrogens is 260 g/mol. The largest absolute Gasteiger partial charge is 0.492 e. The molecule has 2 rings (SSSR count). The zero-order valence-electron chi connectivity index (χ0n) is 14.0. The first-order chi connectivity index (χ1) is 10.0. The standard InChI is InChI=1S/C18H30N2O/c1-5-18(2,3)20(4)11-12-21-17-8-6-7-15(13-17)14-19-16-9-10-16/h6-8,13,16,19H,5,9-12,14H2,1-4H3. The molecule has 1 saturated carbocycles. The third kappa shape index (κ3) is 5.33. The van der Waals surface area contributed by atoms with Crippen LogP contribution in [0.15, 0.2) is 24.3 Å². The molecule has 1 aliphatic carbocycles. The van der Waals surface area contributed by atoms with Gasteiger partial charge in [0.2, 0.25) is 0 Å². The number of hydrogen-bond donors (Lipinski definition) is 1. The quantitative estimate of drug-likeness (QED) is 0.754. The lowest BCUT2D eigenvalue weighted by molar-refractivity contribution is 0.125. The van der Waals surface area contributed by atoms with E-state index in [1.807, 2.05) is 6.07 Å². The summed E-state index contributed by atoms with van der Waals surface area (Å²) in [4.78, 5) is 2.37. The van der Waals surface area contributed by atoms with E-state index in [2.05, 4.69) is 56.2 Å². The minimum absolute atomic E-state index is 0.236. The van der Waals surface area contributed by atoms with Crippen LogP contribution in [0, 0.1) is 0 Å². The fourth-order valence-corrected chi connectivity index (χ4v) is 2.17. The van der Waals surface area contributed by atoms with Crippen LogP contribution >= 0.6 is 0 Å². The minimum atomic E-state index is 0.236. The molecule has 0 amide bonds. The van der Waals surface area contributed by atoms with Crippen LogP contribution in [0.1, 0.15) is 45.6 Å². The molecule has 3 nitrogen and oxygen atoms in total. The Hall–Kier alpha value is -1.06. The van der Waals surface area contributed by atoms with Crippen molar-refractivity contribution in [3.8, 4) is 5.75 Å². The van der Waals surface area contributed by atoms with E-state index in [9.17, 15) is 0 Å². The molecule has 0 saturated heterocycles. The highest BCUT2D eigenvalue weighted by Crippen LogP contribution is 2.20. The van der Waals surface area contributed by atoms with E-state index in [0.29, 0.717) is 0 Å². The summed E-state index contributed by atoms with van der Waals surface area (Å²) in [5.74, 6) is 0.979. The van der Waals surface area contributed by atoms with Gasteiger partial charge in [0, 0.05) is 24.7 Å². The molecule has 1 aromatic carbocycles. The zero-order valence-corrected chi connectivity index (χ0v) is 14.0. The van der Waals surface area contributed by atoms with Gasteiger partial charge in [-0.2, -0.15) is 0 Å². The lowest BCUT2D eigenvalue weighted by Crippen LogP contribution is -2.42. The molecule has 1 aromatic rings. The van der Waals surface area contributed by atoms with Crippen molar-refractivity contribution in [3.63, 3.8) is 0 Å². The predicted molar refractivity (Wildman–Crippen MR) is 88.8 cm³/mol. The molecule has 1 aliphatic rings. The molecule has 0 aromatic heterocycles. The maximum atomic E-state index is 5.91. The fraction of sp³-hybridized carbons (Fsp3) is 0.667. The van der Waals surface area contributed by atoms with Gasteiger partial charge in [-0.25, -0.2) is 0 Å². The summed E-state index contributed by atoms with van der Waals surface area (Å²) in [6.07, 6.45) is 3.80. The lowest BCUT2D eigenvalue weighted by Gasteiger charge is -2.34. The molecule has 0 bridgehead atoms. The van der Waals surface area contributed by atoms with Gasteiger partial charge in [0.1, 0.15) is 12.4 Å². The van der Waals surface area contributed by atoms with Crippen LogP contribution in [-0.2, 0) is 6.54 Å². The Morgan fingerprint density at radius 3 is 2.76 bits per heavy atom. The first kappa shape index (κ1) is 16.3. The Kier molecular flexibility index (Phi) is 5.65. The van der Waals surface area contributed by atoms with E-state index in [-0.39, 0.29) is 5.54 Å². The molecule has 0 radical (unpaired) electrons. The van der Waals surface area contributed by atoms with E-state index in [0.717, 1.165) is 37.9 Å². The van der Waals surface area contributed by atoms with Crippen molar-refractivity contribution < 1.29 is 4.74 Å². The third-order valence-electron chi connectivity index (χ3n) is 4.66. The fourth-order valence-electron chi connectivity index (χ4n) is 2.17. The summed E-state index contributed by atoms with van der Waals surface area (Å²) in [5.41, 5.74) is 1.54. The van der Waals surface area contributed by atoms with Crippen LogP contribution in [-0.4, -0.2) is 36.7 Å². The van der Waals surface area contributed by atoms with E-state index in [4.69, 9.17) is 4.74 Å². The van der Waals surface area contributed by atoms with Crippen molar-refractivity contribution in [2.75, 3.05) is 20.2 Å². The first-order valence-corrected chi connectivity index (χ1v) is 8.17. The molecule has 0 aliphatic heterocycles. The van der Waals surface area contributed by atoms with E-state index >= 15 is 0 Å². The van der Waals surface area contributed by atoms with Gasteiger partial charge in [-0.3, -0.25) is 4.90 Å². The van der Waals surface area contributed by atoms with Gasteiger partial charge in [-0.05, 0) is 57.9 Å². The highest BCUT2D eigenvalue weighted by molar-refractivity contribution is 5.28. The van der Waals surface area contributed by atoms with Gasteiger partial charge >= 0.3 is 0 Å². The van der Waals surface area contributed by atoms with Crippen LogP contribution < -0.4 is 10.1 Å². The normalized spacial score (nSPS) is 15.5. The van der Waals surface area contributed by atoms with E-state index in [1.165, 1.54) is 18.4 Å². The maximum absolute atomic E-state index is 5.91. The SMILES string of the molecule is CCC(C)(C)N(C)CCOc1cccc(CNC2CC2)c1. The summed E-state index contributed by atoms with van der Waals surface area (Å²) < 4.78 is 5.91. The molecule has 0 spiro atoms. The average molecular weight is 290 g/mol. The van der Waals surface area contributed by atoms with Gasteiger partial charge in [-0.1, -0.05) is 19.1 Å². The molecule has 118 valence electrons. The number of nitrogens with zero attached hydrogens (tertiary/aromatic N) is 1. The third-order valence-corrected chi connectivity index (χ3v) is 4.66. The van der Waals surface area contributed by atoms with Gasteiger partial charge in [0.05, 0.1) is 0 Å². The molecule has 1 fully saturated rings. The Labute approximate surface area is 129 Å². The minimum Gasteiger partial charge on any atom is -0.492 e. The summed E-state index contributed by atoms with van der Waals surface area (Å²) in [5, 5.41) is 3.54. The number of hydrogen-bond acceptors (Lipinski definition) is 3. The van der Waals surface area contributed by atoms with Crippen molar-refractivity contribution in [2.45, 2.75) is 58.2 Å². The van der Waals surface area contributed by atoms with Crippen molar-refractivity contribution >= 4 is 0 Å². The van der Waals surface area contributed by atoms with Crippen molar-refractivity contribution in [1.82, 2.24) is 10.2 Å². The van der Waals surface area contributed by atoms with E-state index in [1.54, 1.807) is 0 Å². The van der Waals surface area contributed by atoms with Crippen LogP contribution in [0.3, 0.4) is 0 Å². The molecule has 0 atom stereocenters. The highest BCUT2D eigenvalue weighted by atomic mass is 16.5. The Balaban J connectivity index is 1.75. The van der Waals surface area contributed by atoms with Gasteiger partial charge < -0.3 is 10.1 Å². The maximum Gasteiger partial charge on any atom is 0.119 e. The summed E-state index contributed by atoms with van der Waals surface area (Å²) in [7, 11) is 2.17. The molecular formula is C18H30N2O. The van der Waals surface area contributed by atoms with Gasteiger partial charge in [-0.15, -0.1) is 0 Å². The Bertz CT molecular complexity index is 441. The van der Waals surface area contributed by atoms with Crippen molar-refractivity contribution in [2.24, 2.45) is 0 Å². The molecule has 1 N–H and O–H groups in total. The van der Waals surface area contributed by atoms with Gasteiger partial charge in [0.25, 0.3) is 0 Å². The number of ether oxygens (including phenoxy) is 1. The topological polar surface area (TPSA) is 24.5 Å². The highest BCUT2D eigenvalue weighted by Gasteiger charge is 2.21. The van der Waals surface area contributed by atoms with Crippen LogP contribution in [0.25, 0.3) is 0 Å². The molecule has 21 heavy (non-hydrogen) atoms.